The van der Waals surface area contributed by atoms with Gasteiger partial charge in [0.1, 0.15) is 13.2 Å². The fraction of sp³-hybridized carbons (Fsp3) is 0.750. The Bertz CT molecular complexity index is 188. The number of carbonyl (C=O) groups excluding carboxylic acids is 2. The summed E-state index contributed by atoms with van der Waals surface area (Å²) in [6, 6.07) is -0.833. The molecule has 15 heavy (non-hydrogen) atoms. The van der Waals surface area contributed by atoms with Crippen LogP contribution in [0.4, 0.5) is 4.79 Å². The van der Waals surface area contributed by atoms with Crippen LogP contribution in [0.2, 0.25) is 0 Å². The van der Waals surface area contributed by atoms with Crippen LogP contribution in [0.3, 0.4) is 0 Å². The van der Waals surface area contributed by atoms with Crippen LogP contribution in [0.5, 0.6) is 0 Å². The lowest BCUT2D eigenvalue weighted by Gasteiger charge is -2.23. The average molecular weight is 242 g/mol. The molecule has 0 heterocycles. The summed E-state index contributed by atoms with van der Waals surface area (Å²) in [4.78, 5) is 19.3. The van der Waals surface area contributed by atoms with Crippen LogP contribution in [0.1, 0.15) is 6.92 Å². The predicted molar refractivity (Wildman–Crippen MR) is 53.3 cm³/mol. The van der Waals surface area contributed by atoms with E-state index in [2.05, 4.69) is 32.6 Å². The Morgan fingerprint density at radius 2 is 1.53 bits per heavy atom. The predicted octanol–water partition coefficient (Wildman–Crippen LogP) is -3.72. The van der Waals surface area contributed by atoms with Crippen LogP contribution in [-0.2, 0) is 9.53 Å². The zero-order valence-electron chi connectivity index (χ0n) is 9.62. The first-order chi connectivity index (χ1) is 6.15. The molecule has 0 saturated heterocycles. The van der Waals surface area contributed by atoms with Crippen LogP contribution >= 0.6 is 0 Å². The SMILES string of the molecule is CC(=O)OCC[N+](C)(C)C.NC(N)=O.[Cl-]. The molecule has 0 aromatic heterocycles. The summed E-state index contributed by atoms with van der Waals surface area (Å²) < 4.78 is 5.59. The largest absolute Gasteiger partial charge is 1.00 e. The van der Waals surface area contributed by atoms with Crippen molar-refractivity contribution < 1.29 is 31.2 Å². The lowest BCUT2D eigenvalue weighted by molar-refractivity contribution is -0.870. The van der Waals surface area contributed by atoms with Crippen LogP contribution in [-0.4, -0.2) is 50.8 Å². The van der Waals surface area contributed by atoms with Gasteiger partial charge < -0.3 is 33.1 Å². The molecule has 92 valence electrons. The molecule has 0 bridgehead atoms. The number of rotatable bonds is 3. The van der Waals surface area contributed by atoms with Crippen LogP contribution in [0, 0.1) is 0 Å². The number of esters is 1. The first-order valence-corrected chi connectivity index (χ1v) is 4.14. The average Bonchev–Trinajstić information content (AvgIpc) is 1.80. The second-order valence-corrected chi connectivity index (χ2v) is 3.76. The number of quaternary nitrogens is 1. The van der Waals surface area contributed by atoms with E-state index < -0.39 is 6.03 Å². The molecule has 0 aliphatic heterocycles. The van der Waals surface area contributed by atoms with Crippen molar-refractivity contribution >= 4 is 12.0 Å². The van der Waals surface area contributed by atoms with Crippen molar-refractivity contribution in [3.05, 3.63) is 0 Å². The number of likely N-dealkylation sites (N-methyl/N-ethyl adjacent to an activating group) is 1. The number of amides is 2. The number of halogens is 1. The standard InChI is InChI=1S/C7H16NO2.CH4N2O.ClH/c1-7(9)10-6-5-8(2,3)4;2-1(3)4;/h5-6H2,1-4H3;(H4,2,3,4);1H/q+1;;/p-1. The molecule has 0 radical (unpaired) electrons. The van der Waals surface area contributed by atoms with E-state index in [4.69, 9.17) is 9.53 Å². The molecule has 6 nitrogen and oxygen atoms in total. The fourth-order valence-electron chi connectivity index (χ4n) is 0.463. The van der Waals surface area contributed by atoms with Crippen LogP contribution in [0.15, 0.2) is 0 Å². The smallest absolute Gasteiger partial charge is 0.309 e. The van der Waals surface area contributed by atoms with Gasteiger partial charge in [-0.2, -0.15) is 0 Å². The second kappa shape index (κ2) is 9.54. The molecule has 0 saturated carbocycles. The van der Waals surface area contributed by atoms with E-state index in [-0.39, 0.29) is 18.4 Å². The highest BCUT2D eigenvalue weighted by Crippen LogP contribution is 1.88. The Labute approximate surface area is 96.5 Å². The topological polar surface area (TPSA) is 95.4 Å². The van der Waals surface area contributed by atoms with Gasteiger partial charge in [0.2, 0.25) is 0 Å². The van der Waals surface area contributed by atoms with Crippen LogP contribution in [0.25, 0.3) is 0 Å². The molecule has 0 aliphatic carbocycles. The van der Waals surface area contributed by atoms with Crippen molar-refractivity contribution in [2.45, 2.75) is 6.92 Å². The van der Waals surface area contributed by atoms with E-state index >= 15 is 0 Å². The molecule has 0 spiro atoms. The van der Waals surface area contributed by atoms with E-state index in [1.54, 1.807) is 0 Å². The summed E-state index contributed by atoms with van der Waals surface area (Å²) in [7, 11) is 6.18. The van der Waals surface area contributed by atoms with E-state index in [9.17, 15) is 4.79 Å². The van der Waals surface area contributed by atoms with Gasteiger partial charge in [0, 0.05) is 6.92 Å². The van der Waals surface area contributed by atoms with Crippen molar-refractivity contribution in [2.24, 2.45) is 11.5 Å². The second-order valence-electron chi connectivity index (χ2n) is 3.76. The molecule has 0 aromatic carbocycles. The third kappa shape index (κ3) is 43.7. The monoisotopic (exact) mass is 241 g/mol. The van der Waals surface area contributed by atoms with Gasteiger partial charge in [-0.1, -0.05) is 0 Å². The van der Waals surface area contributed by atoms with Gasteiger partial charge in [0.05, 0.1) is 21.1 Å². The van der Waals surface area contributed by atoms with Crippen molar-refractivity contribution in [3.63, 3.8) is 0 Å². The van der Waals surface area contributed by atoms with Gasteiger partial charge in [0.15, 0.2) is 0 Å². The van der Waals surface area contributed by atoms with E-state index in [0.29, 0.717) is 6.61 Å². The van der Waals surface area contributed by atoms with E-state index in [1.165, 1.54) is 6.92 Å². The lowest BCUT2D eigenvalue weighted by Crippen LogP contribution is -3.00. The molecule has 4 N–H and O–H groups in total. The minimum Gasteiger partial charge on any atom is -1.00 e. The highest BCUT2D eigenvalue weighted by molar-refractivity contribution is 5.69. The Morgan fingerprint density at radius 1 is 1.20 bits per heavy atom. The molecule has 0 rings (SSSR count). The normalized spacial score (nSPS) is 9.07. The third-order valence-corrected chi connectivity index (χ3v) is 1.07. The minimum absolute atomic E-state index is 0. The summed E-state index contributed by atoms with van der Waals surface area (Å²) >= 11 is 0. The number of nitrogens with zero attached hydrogens (tertiary/aromatic N) is 1. The Balaban J connectivity index is -0.000000249. The number of hydrogen-bond donors (Lipinski definition) is 2. The first kappa shape index (κ1) is 19.5. The molecule has 0 unspecified atom stereocenters. The van der Waals surface area contributed by atoms with Crippen LogP contribution < -0.4 is 23.9 Å². The van der Waals surface area contributed by atoms with Gasteiger partial charge >= 0.3 is 12.0 Å². The zero-order chi connectivity index (χ0) is 11.8. The summed E-state index contributed by atoms with van der Waals surface area (Å²) in [5, 5.41) is 0. The van der Waals surface area contributed by atoms with Gasteiger partial charge in [-0.05, 0) is 0 Å². The lowest BCUT2D eigenvalue weighted by atomic mass is 10.5. The number of carbonyl (C=O) groups is 2. The summed E-state index contributed by atoms with van der Waals surface area (Å²) in [5.41, 5.74) is 8.50. The number of urea groups is 1. The maximum absolute atomic E-state index is 10.3. The van der Waals surface area contributed by atoms with Gasteiger partial charge in [0.25, 0.3) is 0 Å². The molecule has 0 aliphatic rings. The molecule has 7 heteroatoms. The highest BCUT2D eigenvalue weighted by atomic mass is 35.5. The number of primary amides is 2. The molecule has 0 atom stereocenters. The molecular formula is C8H20ClN3O3. The van der Waals surface area contributed by atoms with Crippen molar-refractivity contribution in [3.8, 4) is 0 Å². The molecule has 2 amide bonds. The summed E-state index contributed by atoms with van der Waals surface area (Å²) in [5.74, 6) is -0.201. The summed E-state index contributed by atoms with van der Waals surface area (Å²) in [6.07, 6.45) is 0. The van der Waals surface area contributed by atoms with Crippen molar-refractivity contribution in [1.82, 2.24) is 0 Å². The highest BCUT2D eigenvalue weighted by Gasteiger charge is 2.06. The molecule has 0 aromatic rings. The van der Waals surface area contributed by atoms with Crippen molar-refractivity contribution in [1.29, 1.82) is 0 Å². The Morgan fingerprint density at radius 3 is 1.73 bits per heavy atom. The third-order valence-electron chi connectivity index (χ3n) is 1.07. The Kier molecular flexibility index (Phi) is 12.4. The zero-order valence-corrected chi connectivity index (χ0v) is 10.4. The summed E-state index contributed by atoms with van der Waals surface area (Å²) in [6.45, 7) is 2.80. The number of nitrogens with two attached hydrogens (primary N) is 2. The molecule has 0 fully saturated rings. The number of hydrogen-bond acceptors (Lipinski definition) is 3. The maximum Gasteiger partial charge on any atom is 0.309 e. The van der Waals surface area contributed by atoms with Gasteiger partial charge in [-0.15, -0.1) is 0 Å². The fourth-order valence-corrected chi connectivity index (χ4v) is 0.463. The maximum atomic E-state index is 10.3. The van der Waals surface area contributed by atoms with Gasteiger partial charge in [-0.25, -0.2) is 4.79 Å². The van der Waals surface area contributed by atoms with E-state index in [0.717, 1.165) is 11.0 Å². The van der Waals surface area contributed by atoms with Gasteiger partial charge in [-0.3, -0.25) is 4.79 Å². The quantitative estimate of drug-likeness (QED) is 0.393. The minimum atomic E-state index is -0.833. The Hall–Kier alpha value is -1.01. The number of ether oxygens (including phenoxy) is 1. The van der Waals surface area contributed by atoms with E-state index in [1.807, 2.05) is 0 Å². The molecular weight excluding hydrogens is 222 g/mol. The van der Waals surface area contributed by atoms with Crippen molar-refractivity contribution in [2.75, 3.05) is 34.3 Å². The first-order valence-electron chi connectivity index (χ1n) is 4.14.